The lowest BCUT2D eigenvalue weighted by atomic mass is 9.88. The summed E-state index contributed by atoms with van der Waals surface area (Å²) in [6.45, 7) is 0.451. The van der Waals surface area contributed by atoms with Gasteiger partial charge in [0.25, 0.3) is 5.91 Å². The summed E-state index contributed by atoms with van der Waals surface area (Å²) < 4.78 is 0. The average molecular weight is 232 g/mol. The molecule has 1 aliphatic carbocycles. The molecule has 0 saturated heterocycles. The second-order valence-electron chi connectivity index (χ2n) is 4.36. The van der Waals surface area contributed by atoms with E-state index < -0.39 is 0 Å². The van der Waals surface area contributed by atoms with Crippen LogP contribution in [0.4, 0.5) is 0 Å². The molecule has 0 aliphatic heterocycles. The third-order valence-electron chi connectivity index (χ3n) is 3.11. The van der Waals surface area contributed by atoms with Crippen molar-refractivity contribution in [3.8, 4) is 0 Å². The van der Waals surface area contributed by atoms with E-state index in [9.17, 15) is 9.59 Å². The summed E-state index contributed by atoms with van der Waals surface area (Å²) in [5.74, 6) is 0.128. The summed E-state index contributed by atoms with van der Waals surface area (Å²) in [7, 11) is 0. The molecule has 1 N–H and O–H groups in total. The van der Waals surface area contributed by atoms with E-state index in [0.29, 0.717) is 18.5 Å². The maximum absolute atomic E-state index is 11.7. The standard InChI is InChI=1S/C13H16N2O2/c16-12-6-2-1-4-10(12)9-15-13(17)11-5-3-7-14-8-11/h3,5,7-8,10H,1-2,4,6,9H2,(H,15,17). The highest BCUT2D eigenvalue weighted by Gasteiger charge is 2.22. The molecule has 0 radical (unpaired) electrons. The van der Waals surface area contributed by atoms with Crippen molar-refractivity contribution in [2.75, 3.05) is 6.54 Å². The fourth-order valence-corrected chi connectivity index (χ4v) is 2.09. The van der Waals surface area contributed by atoms with Gasteiger partial charge in [-0.05, 0) is 25.0 Å². The molecule has 0 bridgehead atoms. The van der Waals surface area contributed by atoms with Gasteiger partial charge in [-0.25, -0.2) is 0 Å². The Morgan fingerprint density at radius 3 is 3.06 bits per heavy atom. The first kappa shape index (κ1) is 11.8. The number of amides is 1. The van der Waals surface area contributed by atoms with Crippen LogP contribution in [0.3, 0.4) is 0 Å². The number of ketones is 1. The molecule has 1 fully saturated rings. The van der Waals surface area contributed by atoms with Crippen molar-refractivity contribution in [1.82, 2.24) is 10.3 Å². The number of Topliss-reactive ketones (excluding diaryl/α,β-unsaturated/α-hetero) is 1. The van der Waals surface area contributed by atoms with Crippen molar-refractivity contribution in [1.29, 1.82) is 0 Å². The molecule has 17 heavy (non-hydrogen) atoms. The van der Waals surface area contributed by atoms with Crippen molar-refractivity contribution >= 4 is 11.7 Å². The lowest BCUT2D eigenvalue weighted by Crippen LogP contribution is -2.34. The molecule has 4 nitrogen and oxygen atoms in total. The molecule has 1 aliphatic rings. The Kier molecular flexibility index (Phi) is 3.85. The lowest BCUT2D eigenvalue weighted by molar-refractivity contribution is -0.124. The summed E-state index contributed by atoms with van der Waals surface area (Å²) >= 11 is 0. The Hall–Kier alpha value is -1.71. The molecule has 1 aromatic rings. The zero-order valence-electron chi connectivity index (χ0n) is 9.69. The van der Waals surface area contributed by atoms with Crippen LogP contribution in [0.5, 0.6) is 0 Å². The van der Waals surface area contributed by atoms with E-state index in [1.807, 2.05) is 0 Å². The third-order valence-corrected chi connectivity index (χ3v) is 3.11. The molecule has 90 valence electrons. The maximum atomic E-state index is 11.7. The Balaban J connectivity index is 1.86. The van der Waals surface area contributed by atoms with E-state index >= 15 is 0 Å². The fourth-order valence-electron chi connectivity index (χ4n) is 2.09. The number of carbonyl (C=O) groups excluding carboxylic acids is 2. The molecule has 0 aromatic carbocycles. The van der Waals surface area contributed by atoms with Crippen molar-refractivity contribution in [3.05, 3.63) is 30.1 Å². The highest BCUT2D eigenvalue weighted by molar-refractivity contribution is 5.94. The summed E-state index contributed by atoms with van der Waals surface area (Å²) in [4.78, 5) is 27.2. The molecule has 1 unspecified atom stereocenters. The molecule has 1 amide bonds. The van der Waals surface area contributed by atoms with Crippen LogP contribution < -0.4 is 5.32 Å². The number of hydrogen-bond acceptors (Lipinski definition) is 3. The van der Waals surface area contributed by atoms with Crippen LogP contribution in [0.15, 0.2) is 24.5 Å². The smallest absolute Gasteiger partial charge is 0.252 e. The van der Waals surface area contributed by atoms with Gasteiger partial charge in [0, 0.05) is 31.3 Å². The van der Waals surface area contributed by atoms with Gasteiger partial charge in [0.05, 0.1) is 5.56 Å². The zero-order valence-corrected chi connectivity index (χ0v) is 9.69. The molecule has 1 saturated carbocycles. The van der Waals surface area contributed by atoms with Gasteiger partial charge in [0.15, 0.2) is 0 Å². The molecule has 4 heteroatoms. The number of rotatable bonds is 3. The second-order valence-corrected chi connectivity index (χ2v) is 4.36. The van der Waals surface area contributed by atoms with Crippen LogP contribution in [0.1, 0.15) is 36.0 Å². The van der Waals surface area contributed by atoms with Gasteiger partial charge in [-0.2, -0.15) is 0 Å². The summed E-state index contributed by atoms with van der Waals surface area (Å²) in [6, 6.07) is 3.44. The quantitative estimate of drug-likeness (QED) is 0.860. The zero-order chi connectivity index (χ0) is 12.1. The topological polar surface area (TPSA) is 59.1 Å². The first-order valence-electron chi connectivity index (χ1n) is 5.98. The molecule has 1 aromatic heterocycles. The van der Waals surface area contributed by atoms with Crippen LogP contribution in [-0.4, -0.2) is 23.2 Å². The van der Waals surface area contributed by atoms with Gasteiger partial charge in [0.1, 0.15) is 5.78 Å². The Morgan fingerprint density at radius 1 is 1.47 bits per heavy atom. The number of nitrogens with zero attached hydrogens (tertiary/aromatic N) is 1. The van der Waals surface area contributed by atoms with Gasteiger partial charge in [-0.1, -0.05) is 6.42 Å². The lowest BCUT2D eigenvalue weighted by Gasteiger charge is -2.20. The van der Waals surface area contributed by atoms with E-state index in [-0.39, 0.29) is 17.6 Å². The van der Waals surface area contributed by atoms with E-state index in [4.69, 9.17) is 0 Å². The number of nitrogens with one attached hydrogen (secondary N) is 1. The predicted molar refractivity (Wildman–Crippen MR) is 63.5 cm³/mol. The van der Waals surface area contributed by atoms with Gasteiger partial charge >= 0.3 is 0 Å². The first-order valence-corrected chi connectivity index (χ1v) is 5.98. The van der Waals surface area contributed by atoms with Gasteiger partial charge in [0.2, 0.25) is 0 Å². The number of carbonyl (C=O) groups is 2. The van der Waals surface area contributed by atoms with E-state index in [1.54, 1.807) is 18.3 Å². The number of pyridine rings is 1. The SMILES string of the molecule is O=C(NCC1CCCCC1=O)c1cccnc1. The van der Waals surface area contributed by atoms with E-state index in [0.717, 1.165) is 19.3 Å². The van der Waals surface area contributed by atoms with Crippen molar-refractivity contribution in [3.63, 3.8) is 0 Å². The van der Waals surface area contributed by atoms with Crippen LogP contribution in [0.2, 0.25) is 0 Å². The minimum absolute atomic E-state index is 0.00405. The third kappa shape index (κ3) is 3.12. The minimum atomic E-state index is -0.156. The van der Waals surface area contributed by atoms with E-state index in [1.165, 1.54) is 6.20 Å². The monoisotopic (exact) mass is 232 g/mol. The van der Waals surface area contributed by atoms with Crippen molar-refractivity contribution in [2.24, 2.45) is 5.92 Å². The first-order chi connectivity index (χ1) is 8.27. The number of hydrogen-bond donors (Lipinski definition) is 1. The highest BCUT2D eigenvalue weighted by atomic mass is 16.2. The van der Waals surface area contributed by atoms with Gasteiger partial charge in [-0.15, -0.1) is 0 Å². The predicted octanol–water partition coefficient (Wildman–Crippen LogP) is 1.57. The van der Waals surface area contributed by atoms with Crippen molar-refractivity contribution < 1.29 is 9.59 Å². The van der Waals surface area contributed by atoms with Gasteiger partial charge < -0.3 is 5.32 Å². The van der Waals surface area contributed by atoms with Crippen LogP contribution >= 0.6 is 0 Å². The van der Waals surface area contributed by atoms with Crippen molar-refractivity contribution in [2.45, 2.75) is 25.7 Å². The van der Waals surface area contributed by atoms with E-state index in [2.05, 4.69) is 10.3 Å². The van der Waals surface area contributed by atoms with Crippen LogP contribution in [0, 0.1) is 5.92 Å². The largest absolute Gasteiger partial charge is 0.351 e. The Morgan fingerprint density at radius 2 is 2.35 bits per heavy atom. The molecule has 0 spiro atoms. The molecule has 1 atom stereocenters. The maximum Gasteiger partial charge on any atom is 0.252 e. The molecule has 2 rings (SSSR count). The Labute approximate surface area is 100 Å². The van der Waals surface area contributed by atoms with Crippen LogP contribution in [-0.2, 0) is 4.79 Å². The normalized spacial score (nSPS) is 20.0. The Bertz CT molecular complexity index is 403. The number of aromatic nitrogens is 1. The summed E-state index contributed by atoms with van der Waals surface area (Å²) in [6.07, 6.45) is 6.78. The highest BCUT2D eigenvalue weighted by Crippen LogP contribution is 2.19. The molecular weight excluding hydrogens is 216 g/mol. The molecular formula is C13H16N2O2. The van der Waals surface area contributed by atoms with Crippen LogP contribution in [0.25, 0.3) is 0 Å². The second kappa shape index (κ2) is 5.57. The summed E-state index contributed by atoms with van der Waals surface area (Å²) in [5, 5.41) is 2.80. The average Bonchev–Trinajstić information content (AvgIpc) is 2.38. The minimum Gasteiger partial charge on any atom is -0.351 e. The fraction of sp³-hybridized carbons (Fsp3) is 0.462. The van der Waals surface area contributed by atoms with Gasteiger partial charge in [-0.3, -0.25) is 14.6 Å². The molecule has 1 heterocycles. The summed E-state index contributed by atoms with van der Waals surface area (Å²) in [5.41, 5.74) is 0.538.